The molecule has 0 atom stereocenters. The minimum atomic E-state index is 0.0809. The van der Waals surface area contributed by atoms with Gasteiger partial charge in [-0.1, -0.05) is 48.6 Å². The van der Waals surface area contributed by atoms with Crippen LogP contribution in [0.15, 0.2) is 48.5 Å². The molecule has 2 aromatic carbocycles. The molecule has 2 aromatic rings. The van der Waals surface area contributed by atoms with E-state index in [4.69, 9.17) is 18.0 Å². The van der Waals surface area contributed by atoms with Gasteiger partial charge in [0.25, 0.3) is 0 Å². The maximum atomic E-state index is 9.37. The van der Waals surface area contributed by atoms with Crippen LogP contribution >= 0.6 is 12.2 Å². The van der Waals surface area contributed by atoms with Crippen molar-refractivity contribution in [3.8, 4) is 0 Å². The molecule has 3 N–H and O–H groups in total. The topological polar surface area (TPSA) is 49.5 Å². The van der Waals surface area contributed by atoms with E-state index in [0.29, 0.717) is 18.1 Å². The van der Waals surface area contributed by atoms with Crippen LogP contribution in [0.25, 0.3) is 0 Å². The number of thiocarbonyl (C=S) groups is 1. The zero-order chi connectivity index (χ0) is 15.2. The van der Waals surface area contributed by atoms with Crippen molar-refractivity contribution >= 4 is 22.9 Å². The Morgan fingerprint density at radius 1 is 1.19 bits per heavy atom. The average Bonchev–Trinajstić information content (AvgIpc) is 2.47. The Balaban J connectivity index is 2.37. The summed E-state index contributed by atoms with van der Waals surface area (Å²) in [6.07, 6.45) is 0. The second-order valence-electron chi connectivity index (χ2n) is 5.02. The first-order chi connectivity index (χ1) is 10.1. The Bertz CT molecular complexity index is 613. The van der Waals surface area contributed by atoms with Gasteiger partial charge in [-0.05, 0) is 30.2 Å². The molecule has 0 aliphatic heterocycles. The van der Waals surface area contributed by atoms with Crippen molar-refractivity contribution in [2.24, 2.45) is 5.73 Å². The minimum Gasteiger partial charge on any atom is -0.395 e. The molecule has 0 saturated heterocycles. The van der Waals surface area contributed by atoms with Gasteiger partial charge in [-0.15, -0.1) is 0 Å². The van der Waals surface area contributed by atoms with Gasteiger partial charge in [-0.25, -0.2) is 0 Å². The van der Waals surface area contributed by atoms with Crippen LogP contribution in [-0.4, -0.2) is 23.2 Å². The number of aliphatic hydroxyl groups excluding tert-OH is 1. The van der Waals surface area contributed by atoms with E-state index in [2.05, 4.69) is 23.1 Å². The lowest BCUT2D eigenvalue weighted by Crippen LogP contribution is -2.28. The Morgan fingerprint density at radius 2 is 1.90 bits per heavy atom. The van der Waals surface area contributed by atoms with Crippen molar-refractivity contribution < 1.29 is 5.11 Å². The van der Waals surface area contributed by atoms with Gasteiger partial charge in [0, 0.05) is 24.3 Å². The van der Waals surface area contributed by atoms with Gasteiger partial charge in [0.15, 0.2) is 0 Å². The van der Waals surface area contributed by atoms with Crippen molar-refractivity contribution in [3.05, 3.63) is 65.2 Å². The SMILES string of the molecule is Cc1ccc(C(N)=S)c(N(CCO)Cc2ccccc2)c1. The predicted octanol–water partition coefficient (Wildman–Crippen LogP) is 2.63. The number of nitrogens with two attached hydrogens (primary N) is 1. The molecular formula is C17H20N2OS. The highest BCUT2D eigenvalue weighted by atomic mass is 32.1. The number of hydrogen-bond donors (Lipinski definition) is 2. The summed E-state index contributed by atoms with van der Waals surface area (Å²) in [7, 11) is 0. The lowest BCUT2D eigenvalue weighted by Gasteiger charge is -2.27. The van der Waals surface area contributed by atoms with Gasteiger partial charge in [-0.3, -0.25) is 0 Å². The Morgan fingerprint density at radius 3 is 2.52 bits per heavy atom. The highest BCUT2D eigenvalue weighted by molar-refractivity contribution is 7.80. The van der Waals surface area contributed by atoms with Crippen LogP contribution in [0, 0.1) is 6.92 Å². The van der Waals surface area contributed by atoms with E-state index in [1.807, 2.05) is 37.3 Å². The third-order valence-corrected chi connectivity index (χ3v) is 3.57. The third-order valence-electron chi connectivity index (χ3n) is 3.35. The monoisotopic (exact) mass is 300 g/mol. The fourth-order valence-electron chi connectivity index (χ4n) is 2.32. The van der Waals surface area contributed by atoms with E-state index in [0.717, 1.165) is 16.8 Å². The van der Waals surface area contributed by atoms with Crippen LogP contribution in [0.2, 0.25) is 0 Å². The summed E-state index contributed by atoms with van der Waals surface area (Å²) in [6, 6.07) is 16.2. The van der Waals surface area contributed by atoms with Crippen LogP contribution in [-0.2, 0) is 6.54 Å². The van der Waals surface area contributed by atoms with Crippen molar-refractivity contribution in [3.63, 3.8) is 0 Å². The summed E-state index contributed by atoms with van der Waals surface area (Å²) in [5, 5.41) is 9.37. The van der Waals surface area contributed by atoms with Crippen LogP contribution in [0.4, 0.5) is 5.69 Å². The molecule has 3 nitrogen and oxygen atoms in total. The molecule has 0 heterocycles. The second-order valence-corrected chi connectivity index (χ2v) is 5.46. The van der Waals surface area contributed by atoms with Crippen molar-refractivity contribution in [2.45, 2.75) is 13.5 Å². The smallest absolute Gasteiger partial charge is 0.106 e. The standard InChI is InChI=1S/C17H20N2OS/c1-13-7-8-15(17(18)21)16(11-13)19(9-10-20)12-14-5-3-2-4-6-14/h2-8,11,20H,9-10,12H2,1H3,(H2,18,21). The highest BCUT2D eigenvalue weighted by Gasteiger charge is 2.13. The van der Waals surface area contributed by atoms with Crippen LogP contribution < -0.4 is 10.6 Å². The second kappa shape index (κ2) is 7.20. The maximum Gasteiger partial charge on any atom is 0.106 e. The zero-order valence-corrected chi connectivity index (χ0v) is 12.9. The Labute approximate surface area is 131 Å². The molecule has 0 fully saturated rings. The first-order valence-corrected chi connectivity index (χ1v) is 7.33. The molecular weight excluding hydrogens is 280 g/mol. The molecule has 110 valence electrons. The highest BCUT2D eigenvalue weighted by Crippen LogP contribution is 2.24. The van der Waals surface area contributed by atoms with Gasteiger partial charge in [-0.2, -0.15) is 0 Å². The molecule has 2 rings (SSSR count). The summed E-state index contributed by atoms with van der Waals surface area (Å²) in [5.41, 5.74) is 9.98. The summed E-state index contributed by atoms with van der Waals surface area (Å²) in [6.45, 7) is 3.36. The number of anilines is 1. The normalized spacial score (nSPS) is 10.4. The van der Waals surface area contributed by atoms with Gasteiger partial charge in [0.05, 0.1) is 6.61 Å². The largest absolute Gasteiger partial charge is 0.395 e. The van der Waals surface area contributed by atoms with Gasteiger partial charge >= 0.3 is 0 Å². The molecule has 0 aliphatic carbocycles. The zero-order valence-electron chi connectivity index (χ0n) is 12.1. The van der Waals surface area contributed by atoms with Gasteiger partial charge < -0.3 is 15.7 Å². The number of rotatable bonds is 6. The summed E-state index contributed by atoms with van der Waals surface area (Å²) >= 11 is 5.15. The molecule has 0 spiro atoms. The third kappa shape index (κ3) is 4.03. The molecule has 21 heavy (non-hydrogen) atoms. The van der Waals surface area contributed by atoms with E-state index in [1.165, 1.54) is 5.56 Å². The van der Waals surface area contributed by atoms with E-state index in [9.17, 15) is 5.11 Å². The molecule has 0 aliphatic rings. The van der Waals surface area contributed by atoms with Gasteiger partial charge in [0.1, 0.15) is 4.99 Å². The quantitative estimate of drug-likeness (QED) is 0.805. The number of benzene rings is 2. The molecule has 0 unspecified atom stereocenters. The molecule has 0 saturated carbocycles. The first kappa shape index (κ1) is 15.5. The van der Waals surface area contributed by atoms with Gasteiger partial charge in [0.2, 0.25) is 0 Å². The van der Waals surface area contributed by atoms with Crippen molar-refractivity contribution in [1.82, 2.24) is 0 Å². The summed E-state index contributed by atoms with van der Waals surface area (Å²) < 4.78 is 0. The first-order valence-electron chi connectivity index (χ1n) is 6.92. The van der Waals surface area contributed by atoms with Crippen LogP contribution in [0.5, 0.6) is 0 Å². The number of aliphatic hydroxyl groups is 1. The maximum absolute atomic E-state index is 9.37. The molecule has 0 amide bonds. The summed E-state index contributed by atoms with van der Waals surface area (Å²) in [5.74, 6) is 0. The van der Waals surface area contributed by atoms with E-state index in [1.54, 1.807) is 0 Å². The molecule has 0 bridgehead atoms. The predicted molar refractivity (Wildman–Crippen MR) is 91.6 cm³/mol. The fraction of sp³-hybridized carbons (Fsp3) is 0.235. The van der Waals surface area contributed by atoms with Crippen molar-refractivity contribution in [2.75, 3.05) is 18.1 Å². The number of hydrogen-bond acceptors (Lipinski definition) is 3. The average molecular weight is 300 g/mol. The molecule has 0 radical (unpaired) electrons. The van der Waals surface area contributed by atoms with E-state index >= 15 is 0 Å². The minimum absolute atomic E-state index is 0.0809. The summed E-state index contributed by atoms with van der Waals surface area (Å²) in [4.78, 5) is 2.48. The molecule has 4 heteroatoms. The fourth-order valence-corrected chi connectivity index (χ4v) is 2.49. The van der Waals surface area contributed by atoms with E-state index in [-0.39, 0.29) is 6.61 Å². The van der Waals surface area contributed by atoms with Crippen LogP contribution in [0.3, 0.4) is 0 Å². The van der Waals surface area contributed by atoms with Crippen LogP contribution in [0.1, 0.15) is 16.7 Å². The lowest BCUT2D eigenvalue weighted by molar-refractivity contribution is 0.301. The molecule has 0 aromatic heterocycles. The van der Waals surface area contributed by atoms with E-state index < -0.39 is 0 Å². The Kier molecular flexibility index (Phi) is 5.31. The Hall–Kier alpha value is -1.91. The number of nitrogens with zero attached hydrogens (tertiary/aromatic N) is 1. The number of aryl methyl sites for hydroxylation is 1. The van der Waals surface area contributed by atoms with Crippen molar-refractivity contribution in [1.29, 1.82) is 0 Å². The lowest BCUT2D eigenvalue weighted by atomic mass is 10.1.